The van der Waals surface area contributed by atoms with E-state index in [0.717, 1.165) is 25.1 Å². The van der Waals surface area contributed by atoms with Crippen LogP contribution in [0.15, 0.2) is 18.3 Å². The van der Waals surface area contributed by atoms with E-state index in [9.17, 15) is 4.79 Å². The molecule has 12 heavy (non-hydrogen) atoms. The highest BCUT2D eigenvalue weighted by Crippen LogP contribution is 2.22. The lowest BCUT2D eigenvalue weighted by atomic mass is 9.95. The van der Waals surface area contributed by atoms with Gasteiger partial charge in [0.2, 0.25) is 5.91 Å². The molecule has 1 aromatic rings. The van der Waals surface area contributed by atoms with Crippen LogP contribution in [0, 0.1) is 0 Å². The van der Waals surface area contributed by atoms with Gasteiger partial charge in [-0.3, -0.25) is 4.79 Å². The van der Waals surface area contributed by atoms with Crippen LogP contribution in [0.4, 0.5) is 0 Å². The topological polar surface area (TPSA) is 44.9 Å². The van der Waals surface area contributed by atoms with Gasteiger partial charge >= 0.3 is 0 Å². The van der Waals surface area contributed by atoms with Gasteiger partial charge in [0.25, 0.3) is 0 Å². The molecule has 64 valence electrons. The van der Waals surface area contributed by atoms with Crippen LogP contribution in [-0.4, -0.2) is 17.4 Å². The number of aromatic amines is 1. The van der Waals surface area contributed by atoms with Gasteiger partial charge in [-0.05, 0) is 25.0 Å². The first-order chi connectivity index (χ1) is 5.88. The highest BCUT2D eigenvalue weighted by atomic mass is 16.1. The van der Waals surface area contributed by atoms with Crippen molar-refractivity contribution in [3.05, 3.63) is 24.0 Å². The third kappa shape index (κ3) is 1.22. The number of rotatable bonds is 1. The minimum atomic E-state index is 0.0498. The monoisotopic (exact) mass is 164 g/mol. The zero-order valence-corrected chi connectivity index (χ0v) is 6.84. The van der Waals surface area contributed by atoms with Gasteiger partial charge in [0.1, 0.15) is 0 Å². The summed E-state index contributed by atoms with van der Waals surface area (Å²) in [6.45, 7) is 0.829. The first kappa shape index (κ1) is 7.40. The van der Waals surface area contributed by atoms with Gasteiger partial charge in [-0.15, -0.1) is 0 Å². The molecule has 3 nitrogen and oxygen atoms in total. The van der Waals surface area contributed by atoms with Crippen molar-refractivity contribution >= 4 is 5.91 Å². The van der Waals surface area contributed by atoms with Crippen LogP contribution in [0.1, 0.15) is 24.5 Å². The van der Waals surface area contributed by atoms with E-state index in [2.05, 4.69) is 10.3 Å². The number of hydrogen-bond acceptors (Lipinski definition) is 1. The van der Waals surface area contributed by atoms with Crippen molar-refractivity contribution in [2.24, 2.45) is 0 Å². The maximum atomic E-state index is 11.4. The molecule has 2 N–H and O–H groups in total. The Bertz CT molecular complexity index is 266. The normalized spacial score (nSPS) is 23.7. The number of nitrogens with one attached hydrogen (secondary N) is 2. The Balaban J connectivity index is 2.17. The van der Waals surface area contributed by atoms with Crippen LogP contribution in [-0.2, 0) is 4.79 Å². The Morgan fingerprint density at radius 3 is 3.08 bits per heavy atom. The Morgan fingerprint density at radius 1 is 1.50 bits per heavy atom. The van der Waals surface area contributed by atoms with Crippen LogP contribution in [0.3, 0.4) is 0 Å². The molecule has 0 saturated carbocycles. The molecule has 1 saturated heterocycles. The minimum Gasteiger partial charge on any atom is -0.364 e. The Kier molecular flexibility index (Phi) is 1.86. The molecule has 3 heteroatoms. The number of carbonyl (C=O) groups excluding carboxylic acids is 1. The highest BCUT2D eigenvalue weighted by Gasteiger charge is 2.23. The Morgan fingerprint density at radius 2 is 2.42 bits per heavy atom. The molecule has 2 heterocycles. The van der Waals surface area contributed by atoms with Crippen LogP contribution in [0.25, 0.3) is 0 Å². The van der Waals surface area contributed by atoms with E-state index in [1.807, 2.05) is 18.3 Å². The van der Waals surface area contributed by atoms with E-state index in [0.29, 0.717) is 0 Å². The minimum absolute atomic E-state index is 0.0498. The summed E-state index contributed by atoms with van der Waals surface area (Å²) in [6, 6.07) is 3.90. The standard InChI is InChI=1S/C9H12N2O/c12-9-7(3-1-6-11-9)8-4-2-5-10-8/h2,4-5,7,10H,1,3,6H2,(H,11,12). The van der Waals surface area contributed by atoms with Crippen molar-refractivity contribution < 1.29 is 4.79 Å². The molecule has 0 bridgehead atoms. The molecule has 1 fully saturated rings. The van der Waals surface area contributed by atoms with E-state index in [-0.39, 0.29) is 11.8 Å². The van der Waals surface area contributed by atoms with Crippen molar-refractivity contribution in [3.63, 3.8) is 0 Å². The van der Waals surface area contributed by atoms with Crippen molar-refractivity contribution in [1.29, 1.82) is 0 Å². The first-order valence-electron chi connectivity index (χ1n) is 4.29. The molecule has 1 aliphatic rings. The van der Waals surface area contributed by atoms with E-state index in [1.165, 1.54) is 0 Å². The predicted molar refractivity (Wildman–Crippen MR) is 45.8 cm³/mol. The average Bonchev–Trinajstić information content (AvgIpc) is 2.57. The van der Waals surface area contributed by atoms with Gasteiger partial charge in [-0.25, -0.2) is 0 Å². The maximum absolute atomic E-state index is 11.4. The number of aromatic nitrogens is 1. The van der Waals surface area contributed by atoms with Gasteiger partial charge < -0.3 is 10.3 Å². The van der Waals surface area contributed by atoms with Crippen molar-refractivity contribution in [2.75, 3.05) is 6.54 Å². The molecule has 1 aromatic heterocycles. The molecule has 1 amide bonds. The van der Waals surface area contributed by atoms with Crippen molar-refractivity contribution in [3.8, 4) is 0 Å². The third-order valence-corrected chi connectivity index (χ3v) is 2.28. The fraction of sp³-hybridized carbons (Fsp3) is 0.444. The number of carbonyl (C=O) groups is 1. The fourth-order valence-electron chi connectivity index (χ4n) is 1.63. The molecule has 0 radical (unpaired) electrons. The van der Waals surface area contributed by atoms with Crippen LogP contribution < -0.4 is 5.32 Å². The largest absolute Gasteiger partial charge is 0.364 e. The van der Waals surface area contributed by atoms with E-state index in [1.54, 1.807) is 0 Å². The van der Waals surface area contributed by atoms with Crippen LogP contribution in [0.2, 0.25) is 0 Å². The van der Waals surface area contributed by atoms with E-state index < -0.39 is 0 Å². The van der Waals surface area contributed by atoms with Crippen molar-refractivity contribution in [2.45, 2.75) is 18.8 Å². The van der Waals surface area contributed by atoms with Gasteiger partial charge in [0, 0.05) is 18.4 Å². The molecule has 0 aromatic carbocycles. The number of H-pyrrole nitrogens is 1. The summed E-state index contributed by atoms with van der Waals surface area (Å²) >= 11 is 0. The summed E-state index contributed by atoms with van der Waals surface area (Å²) in [6.07, 6.45) is 3.90. The number of piperidine rings is 1. The summed E-state index contributed by atoms with van der Waals surface area (Å²) in [5, 5.41) is 2.86. The summed E-state index contributed by atoms with van der Waals surface area (Å²) < 4.78 is 0. The molecule has 1 atom stereocenters. The SMILES string of the molecule is O=C1NCCCC1c1ccc[nH]1. The lowest BCUT2D eigenvalue weighted by molar-refractivity contribution is -0.123. The molecular formula is C9H12N2O. The second-order valence-corrected chi connectivity index (χ2v) is 3.11. The average molecular weight is 164 g/mol. The number of hydrogen-bond donors (Lipinski definition) is 2. The lowest BCUT2D eigenvalue weighted by Gasteiger charge is -2.20. The highest BCUT2D eigenvalue weighted by molar-refractivity contribution is 5.83. The van der Waals surface area contributed by atoms with Crippen LogP contribution >= 0.6 is 0 Å². The van der Waals surface area contributed by atoms with Gasteiger partial charge in [0.15, 0.2) is 0 Å². The van der Waals surface area contributed by atoms with Crippen LogP contribution in [0.5, 0.6) is 0 Å². The molecule has 0 aliphatic carbocycles. The smallest absolute Gasteiger partial charge is 0.229 e. The van der Waals surface area contributed by atoms with Crippen molar-refractivity contribution in [1.82, 2.24) is 10.3 Å². The fourth-order valence-corrected chi connectivity index (χ4v) is 1.63. The zero-order chi connectivity index (χ0) is 8.39. The summed E-state index contributed by atoms with van der Waals surface area (Å²) in [7, 11) is 0. The van der Waals surface area contributed by atoms with Gasteiger partial charge in [-0.1, -0.05) is 0 Å². The lowest BCUT2D eigenvalue weighted by Crippen LogP contribution is -2.35. The summed E-state index contributed by atoms with van der Waals surface area (Å²) in [4.78, 5) is 14.4. The summed E-state index contributed by atoms with van der Waals surface area (Å²) in [5.41, 5.74) is 1.03. The molecule has 2 rings (SSSR count). The molecule has 0 spiro atoms. The zero-order valence-electron chi connectivity index (χ0n) is 6.84. The Hall–Kier alpha value is -1.25. The maximum Gasteiger partial charge on any atom is 0.229 e. The van der Waals surface area contributed by atoms with E-state index >= 15 is 0 Å². The second kappa shape index (κ2) is 3.01. The third-order valence-electron chi connectivity index (χ3n) is 2.28. The van der Waals surface area contributed by atoms with Gasteiger partial charge in [0.05, 0.1) is 5.92 Å². The Labute approximate surface area is 71.2 Å². The molecule has 1 unspecified atom stereocenters. The van der Waals surface area contributed by atoms with Gasteiger partial charge in [-0.2, -0.15) is 0 Å². The second-order valence-electron chi connectivity index (χ2n) is 3.11. The molecule has 1 aliphatic heterocycles. The quantitative estimate of drug-likeness (QED) is 0.639. The summed E-state index contributed by atoms with van der Waals surface area (Å²) in [5.74, 6) is 0.206. The molecular weight excluding hydrogens is 152 g/mol. The number of amides is 1. The first-order valence-corrected chi connectivity index (χ1v) is 4.29. The van der Waals surface area contributed by atoms with E-state index in [4.69, 9.17) is 0 Å². The predicted octanol–water partition coefficient (Wildman–Crippen LogP) is 1.01.